The highest BCUT2D eigenvalue weighted by Crippen LogP contribution is 2.26. The van der Waals surface area contributed by atoms with Gasteiger partial charge in [0, 0.05) is 11.9 Å². The molecular formula is C12H11ClN4O3. The molecule has 7 nitrogen and oxygen atoms in total. The van der Waals surface area contributed by atoms with Gasteiger partial charge in [-0.1, -0.05) is 23.3 Å². The van der Waals surface area contributed by atoms with E-state index in [1.165, 1.54) is 11.9 Å². The number of nitrogens with one attached hydrogen (secondary N) is 1. The summed E-state index contributed by atoms with van der Waals surface area (Å²) in [6.07, 6.45) is 0. The van der Waals surface area contributed by atoms with Gasteiger partial charge < -0.3 is 4.84 Å². The minimum atomic E-state index is -0.620. The summed E-state index contributed by atoms with van der Waals surface area (Å²) < 4.78 is 0. The maximum absolute atomic E-state index is 11.7. The average Bonchev–Trinajstić information content (AvgIpc) is 2.78. The number of hydrazine groups is 1. The largest absolute Gasteiger partial charge is 0.378 e. The summed E-state index contributed by atoms with van der Waals surface area (Å²) in [4.78, 5) is 27.3. The summed E-state index contributed by atoms with van der Waals surface area (Å²) >= 11 is 5.91. The van der Waals surface area contributed by atoms with Crippen molar-refractivity contribution in [3.05, 3.63) is 40.7 Å². The first-order chi connectivity index (χ1) is 9.49. The normalized spacial score (nSPS) is 17.6. The Morgan fingerprint density at radius 1 is 1.35 bits per heavy atom. The van der Waals surface area contributed by atoms with Crippen molar-refractivity contribution < 1.29 is 14.4 Å². The molecule has 104 valence electrons. The second kappa shape index (κ2) is 5.81. The van der Waals surface area contributed by atoms with E-state index >= 15 is 0 Å². The quantitative estimate of drug-likeness (QED) is 0.668. The zero-order valence-electron chi connectivity index (χ0n) is 10.8. The number of azo groups is 1. The molecule has 1 heterocycles. The number of hydrogen-bond acceptors (Lipinski definition) is 6. The highest BCUT2D eigenvalue weighted by Gasteiger charge is 2.31. The molecule has 0 aliphatic carbocycles. The fourth-order valence-corrected chi connectivity index (χ4v) is 1.76. The zero-order chi connectivity index (χ0) is 14.7. The summed E-state index contributed by atoms with van der Waals surface area (Å²) in [6, 6.07) is 6.81. The van der Waals surface area contributed by atoms with Gasteiger partial charge in [0.15, 0.2) is 5.70 Å². The van der Waals surface area contributed by atoms with E-state index in [1.807, 2.05) is 0 Å². The number of carbonyl (C=O) groups is 2. The average molecular weight is 295 g/mol. The lowest BCUT2D eigenvalue weighted by Crippen LogP contribution is -2.29. The summed E-state index contributed by atoms with van der Waals surface area (Å²) in [6.45, 7) is 2.81. The standard InChI is InChI=1S/C12H11ClN4O3/c1-7(14-15-8(2)18)11-12(19)20-16-17(11)10-5-3-4-9(13)6-10/h3-6,16H,1-2H3/b11-7+,15-14?. The molecule has 0 radical (unpaired) electrons. The van der Waals surface area contributed by atoms with E-state index in [2.05, 4.69) is 15.8 Å². The highest BCUT2D eigenvalue weighted by molar-refractivity contribution is 6.30. The van der Waals surface area contributed by atoms with Gasteiger partial charge in [0.05, 0.1) is 11.4 Å². The van der Waals surface area contributed by atoms with E-state index in [0.29, 0.717) is 10.7 Å². The molecule has 0 bridgehead atoms. The SMILES string of the molecule is CC(=O)N=N/C(C)=C1\C(=O)ONN1c1cccc(Cl)c1. The highest BCUT2D eigenvalue weighted by atomic mass is 35.5. The summed E-state index contributed by atoms with van der Waals surface area (Å²) in [5, 5.41) is 8.97. The van der Waals surface area contributed by atoms with Crippen LogP contribution in [0.4, 0.5) is 5.69 Å². The Labute approximate surface area is 119 Å². The number of anilines is 1. The predicted molar refractivity (Wildman–Crippen MR) is 71.4 cm³/mol. The molecular weight excluding hydrogens is 284 g/mol. The maximum atomic E-state index is 11.7. The Hall–Kier alpha value is -2.25. The Bertz CT molecular complexity index is 627. The molecule has 1 aliphatic heterocycles. The first-order valence-electron chi connectivity index (χ1n) is 5.64. The van der Waals surface area contributed by atoms with Crippen LogP contribution in [0.15, 0.2) is 45.9 Å². The van der Waals surface area contributed by atoms with Crippen molar-refractivity contribution in [2.24, 2.45) is 10.2 Å². The molecule has 0 spiro atoms. The molecule has 1 N–H and O–H groups in total. The van der Waals surface area contributed by atoms with Gasteiger partial charge in [-0.15, -0.1) is 10.2 Å². The molecule has 0 atom stereocenters. The van der Waals surface area contributed by atoms with Gasteiger partial charge in [-0.2, -0.15) is 0 Å². The van der Waals surface area contributed by atoms with Crippen LogP contribution in [0.2, 0.25) is 5.02 Å². The fourth-order valence-electron chi connectivity index (χ4n) is 1.57. The van der Waals surface area contributed by atoms with Crippen molar-refractivity contribution in [2.45, 2.75) is 13.8 Å². The van der Waals surface area contributed by atoms with Crippen LogP contribution in [-0.2, 0) is 14.4 Å². The predicted octanol–water partition coefficient (Wildman–Crippen LogP) is 2.35. The molecule has 1 amide bonds. The second-order valence-electron chi connectivity index (χ2n) is 3.95. The van der Waals surface area contributed by atoms with E-state index in [4.69, 9.17) is 16.4 Å². The fraction of sp³-hybridized carbons (Fsp3) is 0.167. The molecule has 0 saturated carbocycles. The van der Waals surface area contributed by atoms with E-state index < -0.39 is 11.9 Å². The minimum absolute atomic E-state index is 0.136. The van der Waals surface area contributed by atoms with E-state index in [1.54, 1.807) is 31.2 Å². The van der Waals surface area contributed by atoms with Crippen molar-refractivity contribution in [2.75, 3.05) is 5.01 Å². The molecule has 1 aromatic rings. The van der Waals surface area contributed by atoms with E-state index in [9.17, 15) is 9.59 Å². The van der Waals surface area contributed by atoms with Crippen molar-refractivity contribution in [3.63, 3.8) is 0 Å². The minimum Gasteiger partial charge on any atom is -0.345 e. The molecule has 1 saturated heterocycles. The van der Waals surface area contributed by atoms with Gasteiger partial charge in [0.1, 0.15) is 0 Å². The molecule has 0 unspecified atom stereocenters. The van der Waals surface area contributed by atoms with Gasteiger partial charge in [0.2, 0.25) is 0 Å². The number of rotatable bonds is 2. The lowest BCUT2D eigenvalue weighted by Gasteiger charge is -2.16. The van der Waals surface area contributed by atoms with Crippen LogP contribution >= 0.6 is 11.6 Å². The molecule has 1 aromatic carbocycles. The first-order valence-corrected chi connectivity index (χ1v) is 6.02. The topological polar surface area (TPSA) is 83.4 Å². The maximum Gasteiger partial charge on any atom is 0.378 e. The third-order valence-corrected chi connectivity index (χ3v) is 2.63. The Morgan fingerprint density at radius 2 is 2.10 bits per heavy atom. The summed E-state index contributed by atoms with van der Waals surface area (Å²) in [5.74, 6) is -1.08. The number of amides is 1. The van der Waals surface area contributed by atoms with Gasteiger partial charge >= 0.3 is 5.97 Å². The van der Waals surface area contributed by atoms with Crippen LogP contribution in [-0.4, -0.2) is 11.9 Å². The van der Waals surface area contributed by atoms with Crippen molar-refractivity contribution >= 4 is 29.2 Å². The van der Waals surface area contributed by atoms with Crippen molar-refractivity contribution in [3.8, 4) is 0 Å². The van der Waals surface area contributed by atoms with Crippen LogP contribution in [0.3, 0.4) is 0 Å². The summed E-state index contributed by atoms with van der Waals surface area (Å²) in [7, 11) is 0. The zero-order valence-corrected chi connectivity index (χ0v) is 11.5. The molecule has 8 heteroatoms. The first kappa shape index (κ1) is 14.2. The number of allylic oxidation sites excluding steroid dienone is 1. The Balaban J connectivity index is 2.41. The Kier molecular flexibility index (Phi) is 4.11. The van der Waals surface area contributed by atoms with Gasteiger partial charge in [-0.25, -0.2) is 9.80 Å². The number of hydrogen-bond donors (Lipinski definition) is 1. The van der Waals surface area contributed by atoms with E-state index in [0.717, 1.165) is 0 Å². The number of nitrogens with zero attached hydrogens (tertiary/aromatic N) is 3. The molecule has 0 aromatic heterocycles. The number of carbonyl (C=O) groups excluding carboxylic acids is 2. The summed E-state index contributed by atoms with van der Waals surface area (Å²) in [5.41, 5.74) is 3.42. The number of halogens is 1. The number of benzene rings is 1. The molecule has 20 heavy (non-hydrogen) atoms. The van der Waals surface area contributed by atoms with Gasteiger partial charge in [-0.05, 0) is 25.1 Å². The van der Waals surface area contributed by atoms with Gasteiger partial charge in [0.25, 0.3) is 5.91 Å². The second-order valence-corrected chi connectivity index (χ2v) is 4.39. The molecule has 1 fully saturated rings. The van der Waals surface area contributed by atoms with Crippen LogP contribution in [0.1, 0.15) is 13.8 Å². The monoisotopic (exact) mass is 294 g/mol. The van der Waals surface area contributed by atoms with E-state index in [-0.39, 0.29) is 11.4 Å². The van der Waals surface area contributed by atoms with Crippen LogP contribution in [0.25, 0.3) is 0 Å². The third kappa shape index (κ3) is 3.01. The lowest BCUT2D eigenvalue weighted by atomic mass is 10.2. The lowest BCUT2D eigenvalue weighted by molar-refractivity contribution is -0.140. The van der Waals surface area contributed by atoms with Crippen LogP contribution in [0, 0.1) is 0 Å². The van der Waals surface area contributed by atoms with Crippen molar-refractivity contribution in [1.82, 2.24) is 5.59 Å². The molecule has 2 rings (SSSR count). The smallest absolute Gasteiger partial charge is 0.345 e. The van der Waals surface area contributed by atoms with Crippen LogP contribution < -0.4 is 10.6 Å². The molecule has 1 aliphatic rings. The van der Waals surface area contributed by atoms with Crippen LogP contribution in [0.5, 0.6) is 0 Å². The third-order valence-electron chi connectivity index (χ3n) is 2.40. The van der Waals surface area contributed by atoms with Crippen molar-refractivity contribution in [1.29, 1.82) is 0 Å². The van der Waals surface area contributed by atoms with Gasteiger partial charge in [-0.3, -0.25) is 4.79 Å². The Morgan fingerprint density at radius 3 is 2.75 bits per heavy atom.